The maximum Gasteiger partial charge on any atom is 0.224 e. The minimum Gasteiger partial charge on any atom is -0.493 e. The number of ether oxygens (including phenoxy) is 2. The van der Waals surface area contributed by atoms with Crippen molar-refractivity contribution in [3.63, 3.8) is 0 Å². The molecule has 0 aliphatic carbocycles. The zero-order valence-corrected chi connectivity index (χ0v) is 15.3. The Kier molecular flexibility index (Phi) is 9.32. The monoisotopic (exact) mass is 348 g/mol. The number of thioether (sulfide) groups is 1. The van der Waals surface area contributed by atoms with Crippen molar-refractivity contribution in [1.82, 2.24) is 4.90 Å². The van der Waals surface area contributed by atoms with Crippen LogP contribution in [0.1, 0.15) is 18.9 Å². The number of rotatable bonds is 7. The zero-order chi connectivity index (χ0) is 16.0. The van der Waals surface area contributed by atoms with Gasteiger partial charge in [-0.1, -0.05) is 0 Å². The van der Waals surface area contributed by atoms with Gasteiger partial charge in [-0.15, -0.1) is 24.2 Å². The van der Waals surface area contributed by atoms with E-state index in [1.807, 2.05) is 25.3 Å². The average Bonchev–Trinajstić information content (AvgIpc) is 2.45. The van der Waals surface area contributed by atoms with Crippen LogP contribution in [-0.4, -0.2) is 44.4 Å². The normalized spacial score (nSPS) is 11.4. The Balaban J connectivity index is 0.00000441. The second kappa shape index (κ2) is 9.82. The Labute approximate surface area is 142 Å². The number of nitrogens with zero attached hydrogens (tertiary/aromatic N) is 1. The lowest BCUT2D eigenvalue weighted by molar-refractivity contribution is -0.130. The number of hydrogen-bond donors (Lipinski definition) is 1. The molecule has 126 valence electrons. The third kappa shape index (κ3) is 5.59. The van der Waals surface area contributed by atoms with E-state index in [1.165, 1.54) is 0 Å². The van der Waals surface area contributed by atoms with Gasteiger partial charge in [0.2, 0.25) is 5.91 Å². The van der Waals surface area contributed by atoms with Gasteiger partial charge in [0.15, 0.2) is 11.5 Å². The van der Waals surface area contributed by atoms with Crippen LogP contribution in [0.5, 0.6) is 11.5 Å². The Morgan fingerprint density at radius 1 is 1.32 bits per heavy atom. The van der Waals surface area contributed by atoms with Crippen molar-refractivity contribution in [2.45, 2.75) is 30.8 Å². The Bertz CT molecular complexity index is 498. The highest BCUT2D eigenvalue weighted by Gasteiger charge is 2.16. The number of carbonyl (C=O) groups excluding carboxylic acids is 1. The molecule has 1 amide bonds. The zero-order valence-electron chi connectivity index (χ0n) is 13.7. The summed E-state index contributed by atoms with van der Waals surface area (Å²) in [6, 6.07) is 3.72. The van der Waals surface area contributed by atoms with Crippen molar-refractivity contribution >= 4 is 30.1 Å². The first-order valence-corrected chi connectivity index (χ1v) is 7.93. The molecule has 0 bridgehead atoms. The molecule has 0 saturated carbocycles. The van der Waals surface area contributed by atoms with Gasteiger partial charge in [-0.25, -0.2) is 0 Å². The fraction of sp³-hybridized carbons (Fsp3) is 0.533. The second-order valence-electron chi connectivity index (χ2n) is 4.95. The molecule has 0 radical (unpaired) electrons. The van der Waals surface area contributed by atoms with Crippen LogP contribution in [0.15, 0.2) is 17.0 Å². The van der Waals surface area contributed by atoms with E-state index >= 15 is 0 Å². The second-order valence-corrected chi connectivity index (χ2v) is 5.80. The van der Waals surface area contributed by atoms with Crippen molar-refractivity contribution in [3.05, 3.63) is 17.7 Å². The average molecular weight is 349 g/mol. The van der Waals surface area contributed by atoms with Crippen LogP contribution < -0.4 is 15.2 Å². The van der Waals surface area contributed by atoms with E-state index in [1.54, 1.807) is 37.9 Å². The molecule has 0 heterocycles. The highest BCUT2D eigenvalue weighted by Crippen LogP contribution is 2.35. The predicted octanol–water partition coefficient (Wildman–Crippen LogP) is 2.54. The smallest absolute Gasteiger partial charge is 0.224 e. The summed E-state index contributed by atoms with van der Waals surface area (Å²) in [6.07, 6.45) is 2.34. The van der Waals surface area contributed by atoms with Gasteiger partial charge >= 0.3 is 0 Å². The largest absolute Gasteiger partial charge is 0.493 e. The summed E-state index contributed by atoms with van der Waals surface area (Å²) in [5.41, 5.74) is 6.70. The van der Waals surface area contributed by atoms with Gasteiger partial charge in [-0.05, 0) is 30.9 Å². The first kappa shape index (κ1) is 20.9. The van der Waals surface area contributed by atoms with E-state index in [2.05, 4.69) is 0 Å². The molecular weight excluding hydrogens is 324 g/mol. The van der Waals surface area contributed by atoms with Crippen molar-refractivity contribution in [3.8, 4) is 11.5 Å². The molecule has 0 fully saturated rings. The number of amides is 1. The van der Waals surface area contributed by atoms with E-state index in [-0.39, 0.29) is 24.4 Å². The molecule has 0 saturated heterocycles. The molecule has 5 nitrogen and oxygen atoms in total. The first-order chi connectivity index (χ1) is 9.92. The van der Waals surface area contributed by atoms with E-state index in [0.29, 0.717) is 24.5 Å². The molecule has 22 heavy (non-hydrogen) atoms. The summed E-state index contributed by atoms with van der Waals surface area (Å²) in [6.45, 7) is 2.34. The Morgan fingerprint density at radius 3 is 2.32 bits per heavy atom. The summed E-state index contributed by atoms with van der Waals surface area (Å²) in [5, 5.41) is 0. The number of nitrogens with two attached hydrogens (primary N) is 1. The molecule has 0 spiro atoms. The van der Waals surface area contributed by atoms with Crippen LogP contribution >= 0.6 is 24.2 Å². The molecule has 0 aliphatic heterocycles. The molecule has 1 unspecified atom stereocenters. The molecule has 0 aromatic heterocycles. The lowest BCUT2D eigenvalue weighted by Crippen LogP contribution is -2.31. The first-order valence-electron chi connectivity index (χ1n) is 6.71. The van der Waals surface area contributed by atoms with Crippen LogP contribution in [0.4, 0.5) is 0 Å². The summed E-state index contributed by atoms with van der Waals surface area (Å²) in [4.78, 5) is 14.8. The highest BCUT2D eigenvalue weighted by atomic mass is 35.5. The van der Waals surface area contributed by atoms with Crippen LogP contribution in [0, 0.1) is 0 Å². The lowest BCUT2D eigenvalue weighted by Gasteiger charge is -2.21. The number of methoxy groups -OCH3 is 2. The third-order valence-corrected chi connectivity index (χ3v) is 3.94. The van der Waals surface area contributed by atoms with Crippen molar-refractivity contribution in [1.29, 1.82) is 0 Å². The molecular formula is C15H25ClN2O3S. The molecule has 2 N–H and O–H groups in total. The summed E-state index contributed by atoms with van der Waals surface area (Å²) in [5.74, 6) is 1.39. The number of hydrogen-bond acceptors (Lipinski definition) is 5. The van der Waals surface area contributed by atoms with Crippen molar-refractivity contribution in [2.24, 2.45) is 5.73 Å². The van der Waals surface area contributed by atoms with Gasteiger partial charge in [0.25, 0.3) is 0 Å². The highest BCUT2D eigenvalue weighted by molar-refractivity contribution is 7.98. The topological polar surface area (TPSA) is 64.8 Å². The molecule has 1 rings (SSSR count). The summed E-state index contributed by atoms with van der Waals surface area (Å²) in [7, 11) is 5.00. The minimum absolute atomic E-state index is 0. The van der Waals surface area contributed by atoms with Crippen LogP contribution in [0.3, 0.4) is 0 Å². The minimum atomic E-state index is -0.134. The molecule has 0 aliphatic rings. The standard InChI is InChI=1S/C15H24N2O3S.ClH/c1-10(16)6-15(18)17(2)9-11-7-12(19-3)13(20-4)8-14(11)21-5;/h7-8,10H,6,9,16H2,1-5H3;1H. The maximum atomic E-state index is 12.0. The third-order valence-electron chi connectivity index (χ3n) is 3.12. The fourth-order valence-corrected chi connectivity index (χ4v) is 2.60. The quantitative estimate of drug-likeness (QED) is 0.767. The van der Waals surface area contributed by atoms with Crippen molar-refractivity contribution < 1.29 is 14.3 Å². The van der Waals surface area contributed by atoms with Gasteiger partial charge in [-0.3, -0.25) is 4.79 Å². The predicted molar refractivity (Wildman–Crippen MR) is 93.3 cm³/mol. The van der Waals surface area contributed by atoms with Gasteiger partial charge in [0, 0.05) is 31.0 Å². The van der Waals surface area contributed by atoms with Gasteiger partial charge in [0.05, 0.1) is 14.2 Å². The molecule has 7 heteroatoms. The van der Waals surface area contributed by atoms with E-state index in [9.17, 15) is 4.79 Å². The molecule has 1 aromatic rings. The fourth-order valence-electron chi connectivity index (χ4n) is 1.99. The van der Waals surface area contributed by atoms with Crippen LogP contribution in [0.25, 0.3) is 0 Å². The SMILES string of the molecule is COc1cc(CN(C)C(=O)CC(C)N)c(SC)cc1OC.Cl. The van der Waals surface area contributed by atoms with E-state index < -0.39 is 0 Å². The number of carbonyl (C=O) groups is 1. The number of benzene rings is 1. The lowest BCUT2D eigenvalue weighted by atomic mass is 10.1. The Morgan fingerprint density at radius 2 is 1.86 bits per heavy atom. The van der Waals surface area contributed by atoms with E-state index in [4.69, 9.17) is 15.2 Å². The number of halogens is 1. The molecule has 1 atom stereocenters. The molecule has 1 aromatic carbocycles. The van der Waals surface area contributed by atoms with E-state index in [0.717, 1.165) is 10.5 Å². The van der Waals surface area contributed by atoms with Crippen molar-refractivity contribution in [2.75, 3.05) is 27.5 Å². The van der Waals surface area contributed by atoms with Crippen LogP contribution in [0.2, 0.25) is 0 Å². The summed E-state index contributed by atoms with van der Waals surface area (Å²) < 4.78 is 10.6. The summed E-state index contributed by atoms with van der Waals surface area (Å²) >= 11 is 1.61. The van der Waals surface area contributed by atoms with Gasteiger partial charge in [0.1, 0.15) is 0 Å². The van der Waals surface area contributed by atoms with Gasteiger partial charge in [-0.2, -0.15) is 0 Å². The Hall–Kier alpha value is -1.11. The maximum absolute atomic E-state index is 12.0. The van der Waals surface area contributed by atoms with Crippen LogP contribution in [-0.2, 0) is 11.3 Å². The van der Waals surface area contributed by atoms with Gasteiger partial charge < -0.3 is 20.1 Å².